The molecule has 0 aromatic carbocycles. The fraction of sp³-hybridized carbons (Fsp3) is 0.769. The number of carbonyl (C=O) groups is 3. The molecule has 0 amide bonds. The number of methoxy groups -OCH3 is 1. The first-order valence-corrected chi connectivity index (χ1v) is 6.56. The minimum atomic E-state index is -1.87. The number of hydrogen-bond donors (Lipinski definition) is 0. The van der Waals surface area contributed by atoms with Gasteiger partial charge in [0, 0.05) is 27.9 Å². The van der Waals surface area contributed by atoms with E-state index in [2.05, 4.69) is 0 Å². The van der Waals surface area contributed by atoms with Crippen LogP contribution in [0.1, 0.15) is 20.8 Å². The Labute approximate surface area is 126 Å². The minimum Gasteiger partial charge on any atom is -0.463 e. The quantitative estimate of drug-likeness (QED) is 0.520. The summed E-state index contributed by atoms with van der Waals surface area (Å²) in [6.45, 7) is 3.08. The highest BCUT2D eigenvalue weighted by molar-refractivity contribution is 5.67. The van der Waals surface area contributed by atoms with Gasteiger partial charge >= 0.3 is 17.9 Å². The van der Waals surface area contributed by atoms with Gasteiger partial charge in [0.1, 0.15) is 12.7 Å². The smallest absolute Gasteiger partial charge is 0.303 e. The molecule has 0 aromatic heterocycles. The molecule has 8 nitrogen and oxygen atoms in total. The third-order valence-corrected chi connectivity index (χ3v) is 2.86. The van der Waals surface area contributed by atoms with Gasteiger partial charge in [0.15, 0.2) is 24.7 Å². The SMILES string of the molecule is COC1OC(COC(C)=O)C(OC(C)=O)C(OC(C)=O)C1F. The van der Waals surface area contributed by atoms with Crippen LogP contribution in [0.4, 0.5) is 4.39 Å². The second-order valence-electron chi connectivity index (χ2n) is 4.67. The van der Waals surface area contributed by atoms with Crippen molar-refractivity contribution in [3.63, 3.8) is 0 Å². The summed E-state index contributed by atoms with van der Waals surface area (Å²) in [4.78, 5) is 33.3. The van der Waals surface area contributed by atoms with E-state index < -0.39 is 48.7 Å². The molecule has 1 heterocycles. The van der Waals surface area contributed by atoms with E-state index in [9.17, 15) is 18.8 Å². The van der Waals surface area contributed by atoms with Crippen LogP contribution >= 0.6 is 0 Å². The Morgan fingerprint density at radius 1 is 1.00 bits per heavy atom. The summed E-state index contributed by atoms with van der Waals surface area (Å²) >= 11 is 0. The summed E-state index contributed by atoms with van der Waals surface area (Å²) in [7, 11) is 1.21. The summed E-state index contributed by atoms with van der Waals surface area (Å²) in [5.41, 5.74) is 0. The molecule has 1 aliphatic rings. The Morgan fingerprint density at radius 2 is 1.55 bits per heavy atom. The summed E-state index contributed by atoms with van der Waals surface area (Å²) < 4.78 is 39.1. The van der Waals surface area contributed by atoms with E-state index in [4.69, 9.17) is 23.7 Å². The van der Waals surface area contributed by atoms with Crippen molar-refractivity contribution in [2.24, 2.45) is 0 Å². The number of alkyl halides is 1. The normalized spacial score (nSPS) is 31.2. The second-order valence-corrected chi connectivity index (χ2v) is 4.67. The molecule has 5 unspecified atom stereocenters. The highest BCUT2D eigenvalue weighted by atomic mass is 19.1. The maximum Gasteiger partial charge on any atom is 0.303 e. The molecule has 0 N–H and O–H groups in total. The van der Waals surface area contributed by atoms with Crippen molar-refractivity contribution in [2.45, 2.75) is 51.5 Å². The van der Waals surface area contributed by atoms with Gasteiger partial charge in [0.2, 0.25) is 0 Å². The lowest BCUT2D eigenvalue weighted by Crippen LogP contribution is -2.60. The number of esters is 3. The van der Waals surface area contributed by atoms with Gasteiger partial charge in [0.25, 0.3) is 0 Å². The van der Waals surface area contributed by atoms with E-state index >= 15 is 0 Å². The van der Waals surface area contributed by atoms with Crippen molar-refractivity contribution in [3.8, 4) is 0 Å². The third kappa shape index (κ3) is 4.92. The first-order chi connectivity index (χ1) is 10.3. The first kappa shape index (κ1) is 18.3. The standard InChI is InChI=1S/C13H19FO8/c1-6(15)19-5-9-11(20-7(2)16)12(21-8(3)17)10(14)13(18-4)22-9/h9-13H,5H2,1-4H3. The van der Waals surface area contributed by atoms with E-state index in [1.54, 1.807) is 0 Å². The molecule has 0 bridgehead atoms. The number of rotatable bonds is 5. The molecule has 1 fully saturated rings. The zero-order valence-electron chi connectivity index (χ0n) is 12.7. The molecular formula is C13H19FO8. The Kier molecular flexibility index (Phi) is 6.69. The number of hydrogen-bond acceptors (Lipinski definition) is 8. The summed E-state index contributed by atoms with van der Waals surface area (Å²) in [6.07, 6.45) is -6.94. The average molecular weight is 322 g/mol. The van der Waals surface area contributed by atoms with Crippen molar-refractivity contribution in [2.75, 3.05) is 13.7 Å². The topological polar surface area (TPSA) is 97.4 Å². The van der Waals surface area contributed by atoms with Gasteiger partial charge in [-0.2, -0.15) is 0 Å². The molecule has 5 atom stereocenters. The maximum atomic E-state index is 14.3. The van der Waals surface area contributed by atoms with Gasteiger partial charge in [-0.3, -0.25) is 14.4 Å². The molecule has 1 saturated heterocycles. The molecular weight excluding hydrogens is 303 g/mol. The molecule has 1 aliphatic heterocycles. The van der Waals surface area contributed by atoms with Gasteiger partial charge in [-0.15, -0.1) is 0 Å². The molecule has 0 aromatic rings. The molecule has 126 valence electrons. The largest absolute Gasteiger partial charge is 0.463 e. The van der Waals surface area contributed by atoms with Crippen LogP contribution in [-0.2, 0) is 38.1 Å². The van der Waals surface area contributed by atoms with Crippen molar-refractivity contribution in [3.05, 3.63) is 0 Å². The third-order valence-electron chi connectivity index (χ3n) is 2.86. The van der Waals surface area contributed by atoms with Gasteiger partial charge in [0.05, 0.1) is 0 Å². The van der Waals surface area contributed by atoms with E-state index in [-0.39, 0.29) is 6.61 Å². The van der Waals surface area contributed by atoms with Crippen LogP contribution < -0.4 is 0 Å². The van der Waals surface area contributed by atoms with E-state index in [1.807, 2.05) is 0 Å². The van der Waals surface area contributed by atoms with Crippen molar-refractivity contribution in [1.82, 2.24) is 0 Å². The van der Waals surface area contributed by atoms with Gasteiger partial charge < -0.3 is 23.7 Å². The highest BCUT2D eigenvalue weighted by Gasteiger charge is 2.51. The van der Waals surface area contributed by atoms with E-state index in [0.29, 0.717) is 0 Å². The lowest BCUT2D eigenvalue weighted by Gasteiger charge is -2.41. The first-order valence-electron chi connectivity index (χ1n) is 6.56. The van der Waals surface area contributed by atoms with Gasteiger partial charge in [-0.05, 0) is 0 Å². The summed E-state index contributed by atoms with van der Waals surface area (Å²) in [6, 6.07) is 0. The number of ether oxygens (including phenoxy) is 5. The Hall–Kier alpha value is -1.74. The van der Waals surface area contributed by atoms with Crippen LogP contribution in [0.5, 0.6) is 0 Å². The Balaban J connectivity index is 3.00. The monoisotopic (exact) mass is 322 g/mol. The molecule has 0 radical (unpaired) electrons. The van der Waals surface area contributed by atoms with Crippen LogP contribution in [0.2, 0.25) is 0 Å². The molecule has 0 saturated carbocycles. The van der Waals surface area contributed by atoms with Gasteiger partial charge in [-0.1, -0.05) is 0 Å². The van der Waals surface area contributed by atoms with E-state index in [1.165, 1.54) is 14.0 Å². The van der Waals surface area contributed by atoms with Crippen LogP contribution in [0, 0.1) is 0 Å². The van der Waals surface area contributed by atoms with Crippen molar-refractivity contribution in [1.29, 1.82) is 0 Å². The van der Waals surface area contributed by atoms with Crippen molar-refractivity contribution < 1.29 is 42.5 Å². The molecule has 9 heteroatoms. The lowest BCUT2D eigenvalue weighted by atomic mass is 9.99. The predicted molar refractivity (Wildman–Crippen MR) is 68.3 cm³/mol. The zero-order valence-corrected chi connectivity index (χ0v) is 12.7. The lowest BCUT2D eigenvalue weighted by molar-refractivity contribution is -0.286. The summed E-state index contributed by atoms with van der Waals surface area (Å²) in [5.74, 6) is -2.07. The minimum absolute atomic E-state index is 0.308. The summed E-state index contributed by atoms with van der Waals surface area (Å²) in [5, 5.41) is 0. The number of halogens is 1. The van der Waals surface area contributed by atoms with Crippen LogP contribution in [0.3, 0.4) is 0 Å². The maximum absolute atomic E-state index is 14.3. The van der Waals surface area contributed by atoms with Crippen LogP contribution in [0.25, 0.3) is 0 Å². The fourth-order valence-electron chi connectivity index (χ4n) is 2.05. The Bertz CT molecular complexity index is 426. The molecule has 0 spiro atoms. The number of carbonyl (C=O) groups excluding carboxylic acids is 3. The molecule has 0 aliphatic carbocycles. The zero-order chi connectivity index (χ0) is 16.9. The molecule has 22 heavy (non-hydrogen) atoms. The van der Waals surface area contributed by atoms with Crippen LogP contribution in [0.15, 0.2) is 0 Å². The van der Waals surface area contributed by atoms with Crippen LogP contribution in [-0.4, -0.2) is 62.4 Å². The van der Waals surface area contributed by atoms with E-state index in [0.717, 1.165) is 13.8 Å². The van der Waals surface area contributed by atoms with Crippen molar-refractivity contribution >= 4 is 17.9 Å². The molecule has 1 rings (SSSR count). The fourth-order valence-corrected chi connectivity index (χ4v) is 2.05. The Morgan fingerprint density at radius 3 is 2.00 bits per heavy atom. The average Bonchev–Trinajstić information content (AvgIpc) is 2.41. The predicted octanol–water partition coefficient (Wildman–Crippen LogP) is 0.122. The highest BCUT2D eigenvalue weighted by Crippen LogP contribution is 2.29. The van der Waals surface area contributed by atoms with Gasteiger partial charge in [-0.25, -0.2) is 4.39 Å². The second kappa shape index (κ2) is 8.04.